The highest BCUT2D eigenvalue weighted by molar-refractivity contribution is 5.25. The third kappa shape index (κ3) is 3.63. The lowest BCUT2D eigenvalue weighted by atomic mass is 9.87. The fourth-order valence-electron chi connectivity index (χ4n) is 3.39. The largest absolute Gasteiger partial charge is 0.314 e. The molecule has 0 radical (unpaired) electrons. The second-order valence-corrected chi connectivity index (χ2v) is 6.87. The lowest BCUT2D eigenvalue weighted by molar-refractivity contribution is 0.270. The maximum atomic E-state index is 4.85. The van der Waals surface area contributed by atoms with Gasteiger partial charge in [0.2, 0.25) is 0 Å². The second-order valence-electron chi connectivity index (χ2n) is 6.87. The summed E-state index contributed by atoms with van der Waals surface area (Å²) in [5, 5.41) is 8.35. The van der Waals surface area contributed by atoms with Crippen molar-refractivity contribution in [1.29, 1.82) is 0 Å². The van der Waals surface area contributed by atoms with Crippen LogP contribution in [-0.2, 0) is 6.42 Å². The minimum absolute atomic E-state index is 0.561. The van der Waals surface area contributed by atoms with Gasteiger partial charge in [-0.05, 0) is 64.0 Å². The van der Waals surface area contributed by atoms with Crippen molar-refractivity contribution in [2.45, 2.75) is 78.8 Å². The van der Waals surface area contributed by atoms with E-state index in [0.29, 0.717) is 12.1 Å². The van der Waals surface area contributed by atoms with E-state index in [1.807, 2.05) is 0 Å². The summed E-state index contributed by atoms with van der Waals surface area (Å²) in [7, 11) is 0. The van der Waals surface area contributed by atoms with Crippen LogP contribution in [0.25, 0.3) is 0 Å². The van der Waals surface area contributed by atoms with E-state index in [2.05, 4.69) is 44.6 Å². The normalized spacial score (nSPS) is 23.5. The third-order valence-electron chi connectivity index (χ3n) is 4.73. The van der Waals surface area contributed by atoms with Gasteiger partial charge in [-0.15, -0.1) is 0 Å². The highest BCUT2D eigenvalue weighted by atomic mass is 15.3. The molecule has 1 heterocycles. The van der Waals surface area contributed by atoms with E-state index in [9.17, 15) is 0 Å². The molecule has 0 amide bonds. The Kier molecular flexibility index (Phi) is 5.25. The van der Waals surface area contributed by atoms with Crippen molar-refractivity contribution in [3.05, 3.63) is 17.0 Å². The quantitative estimate of drug-likeness (QED) is 0.887. The molecule has 1 aliphatic carbocycles. The molecule has 0 saturated heterocycles. The molecule has 1 saturated carbocycles. The summed E-state index contributed by atoms with van der Waals surface area (Å²) in [4.78, 5) is 0. The number of hydrogen-bond acceptors (Lipinski definition) is 2. The van der Waals surface area contributed by atoms with Gasteiger partial charge in [0, 0.05) is 11.7 Å². The van der Waals surface area contributed by atoms with Crippen LogP contribution in [-0.4, -0.2) is 22.4 Å². The summed E-state index contributed by atoms with van der Waals surface area (Å²) in [6.45, 7) is 12.2. The molecule has 0 atom stereocenters. The lowest BCUT2D eigenvalue weighted by Gasteiger charge is -2.27. The van der Waals surface area contributed by atoms with Crippen LogP contribution >= 0.6 is 0 Å². The first-order chi connectivity index (χ1) is 9.49. The van der Waals surface area contributed by atoms with Gasteiger partial charge in [-0.3, -0.25) is 4.68 Å². The molecule has 0 aliphatic heterocycles. The number of rotatable bonds is 5. The average Bonchev–Trinajstić information content (AvgIpc) is 2.67. The van der Waals surface area contributed by atoms with Gasteiger partial charge in [-0.25, -0.2) is 0 Å². The molecule has 20 heavy (non-hydrogen) atoms. The van der Waals surface area contributed by atoms with Gasteiger partial charge in [-0.2, -0.15) is 5.10 Å². The van der Waals surface area contributed by atoms with E-state index in [1.165, 1.54) is 42.6 Å². The van der Waals surface area contributed by atoms with Crippen molar-refractivity contribution >= 4 is 0 Å². The zero-order valence-electron chi connectivity index (χ0n) is 13.9. The van der Waals surface area contributed by atoms with E-state index in [1.54, 1.807) is 0 Å². The first kappa shape index (κ1) is 15.6. The van der Waals surface area contributed by atoms with E-state index in [0.717, 1.165) is 18.9 Å². The number of aromatic nitrogens is 2. The van der Waals surface area contributed by atoms with Crippen molar-refractivity contribution in [1.82, 2.24) is 15.1 Å². The van der Waals surface area contributed by atoms with Gasteiger partial charge in [0.15, 0.2) is 0 Å². The second kappa shape index (κ2) is 6.75. The molecule has 114 valence electrons. The highest BCUT2D eigenvalue weighted by Gasteiger charge is 2.23. The maximum Gasteiger partial charge on any atom is 0.0629 e. The standard InChI is InChI=1S/C17H31N3/c1-12(2)18-11-10-17-14(4)19-20(15(17)5)16-8-6-13(3)7-9-16/h12-13,16,18H,6-11H2,1-5H3. The third-order valence-corrected chi connectivity index (χ3v) is 4.73. The van der Waals surface area contributed by atoms with Crippen LogP contribution in [0.3, 0.4) is 0 Å². The van der Waals surface area contributed by atoms with Crippen LogP contribution in [0.4, 0.5) is 0 Å². The Morgan fingerprint density at radius 1 is 1.20 bits per heavy atom. The number of nitrogens with one attached hydrogen (secondary N) is 1. The summed E-state index contributed by atoms with van der Waals surface area (Å²) < 4.78 is 2.33. The Balaban J connectivity index is 2.04. The van der Waals surface area contributed by atoms with Gasteiger partial charge >= 0.3 is 0 Å². The lowest BCUT2D eigenvalue weighted by Crippen LogP contribution is -2.25. The molecule has 1 aromatic heterocycles. The monoisotopic (exact) mass is 277 g/mol. The van der Waals surface area contributed by atoms with Crippen LogP contribution in [0.2, 0.25) is 0 Å². The van der Waals surface area contributed by atoms with Gasteiger partial charge in [-0.1, -0.05) is 20.8 Å². The van der Waals surface area contributed by atoms with Crippen molar-refractivity contribution in [3.63, 3.8) is 0 Å². The highest BCUT2D eigenvalue weighted by Crippen LogP contribution is 2.33. The smallest absolute Gasteiger partial charge is 0.0629 e. The Labute approximate surface area is 124 Å². The predicted octanol–water partition coefficient (Wildman–Crippen LogP) is 3.79. The Morgan fingerprint density at radius 2 is 1.85 bits per heavy atom. The van der Waals surface area contributed by atoms with Crippen LogP contribution in [0.1, 0.15) is 69.4 Å². The predicted molar refractivity (Wildman–Crippen MR) is 85.2 cm³/mol. The zero-order valence-corrected chi connectivity index (χ0v) is 13.9. The molecule has 1 aliphatic rings. The van der Waals surface area contributed by atoms with E-state index >= 15 is 0 Å². The molecule has 0 unspecified atom stereocenters. The summed E-state index contributed by atoms with van der Waals surface area (Å²) in [6.07, 6.45) is 6.40. The van der Waals surface area contributed by atoms with Gasteiger partial charge in [0.1, 0.15) is 0 Å². The zero-order chi connectivity index (χ0) is 14.7. The molecule has 0 spiro atoms. The molecule has 0 aromatic carbocycles. The minimum Gasteiger partial charge on any atom is -0.314 e. The molecule has 3 heteroatoms. The summed E-state index contributed by atoms with van der Waals surface area (Å²) >= 11 is 0. The topological polar surface area (TPSA) is 29.9 Å². The molecule has 1 fully saturated rings. The summed E-state index contributed by atoms with van der Waals surface area (Å²) in [5.41, 5.74) is 4.08. The van der Waals surface area contributed by atoms with E-state index in [4.69, 9.17) is 5.10 Å². The molecular weight excluding hydrogens is 246 g/mol. The first-order valence-electron chi connectivity index (χ1n) is 8.27. The first-order valence-corrected chi connectivity index (χ1v) is 8.27. The fraction of sp³-hybridized carbons (Fsp3) is 0.824. The molecule has 2 rings (SSSR count). The van der Waals surface area contributed by atoms with Gasteiger partial charge < -0.3 is 5.32 Å². The number of hydrogen-bond donors (Lipinski definition) is 1. The van der Waals surface area contributed by atoms with Crippen LogP contribution in [0, 0.1) is 19.8 Å². The van der Waals surface area contributed by atoms with E-state index in [-0.39, 0.29) is 0 Å². The molecular formula is C17H31N3. The summed E-state index contributed by atoms with van der Waals surface area (Å²) in [5.74, 6) is 0.901. The molecule has 1 aromatic rings. The maximum absolute atomic E-state index is 4.85. The van der Waals surface area contributed by atoms with Crippen LogP contribution in [0.5, 0.6) is 0 Å². The molecule has 1 N–H and O–H groups in total. The fourth-order valence-corrected chi connectivity index (χ4v) is 3.39. The van der Waals surface area contributed by atoms with Crippen LogP contribution in [0.15, 0.2) is 0 Å². The van der Waals surface area contributed by atoms with Crippen molar-refractivity contribution in [2.24, 2.45) is 5.92 Å². The Bertz CT molecular complexity index is 426. The van der Waals surface area contributed by atoms with Crippen molar-refractivity contribution in [2.75, 3.05) is 6.54 Å². The van der Waals surface area contributed by atoms with Crippen molar-refractivity contribution < 1.29 is 0 Å². The average molecular weight is 277 g/mol. The van der Waals surface area contributed by atoms with Crippen LogP contribution < -0.4 is 5.32 Å². The summed E-state index contributed by atoms with van der Waals surface area (Å²) in [6, 6.07) is 1.20. The number of aryl methyl sites for hydroxylation is 1. The number of nitrogens with zero attached hydrogens (tertiary/aromatic N) is 2. The van der Waals surface area contributed by atoms with E-state index < -0.39 is 0 Å². The minimum atomic E-state index is 0.561. The van der Waals surface area contributed by atoms with Crippen molar-refractivity contribution in [3.8, 4) is 0 Å². The molecule has 3 nitrogen and oxygen atoms in total. The Hall–Kier alpha value is -0.830. The molecule has 0 bridgehead atoms. The van der Waals surface area contributed by atoms with Gasteiger partial charge in [0.25, 0.3) is 0 Å². The Morgan fingerprint density at radius 3 is 2.45 bits per heavy atom. The SMILES string of the molecule is Cc1nn(C2CCC(C)CC2)c(C)c1CCNC(C)C. The van der Waals surface area contributed by atoms with Gasteiger partial charge in [0.05, 0.1) is 11.7 Å².